The molecule has 0 radical (unpaired) electrons. The maximum Gasteiger partial charge on any atom is 0.276 e. The van der Waals surface area contributed by atoms with Crippen molar-refractivity contribution in [3.05, 3.63) is 56.2 Å². The smallest absolute Gasteiger partial charge is 0.276 e. The topological polar surface area (TPSA) is 140 Å². The number of hydrogen-bond acceptors (Lipinski definition) is 7. The van der Waals surface area contributed by atoms with Crippen LogP contribution in [0.5, 0.6) is 0 Å². The Morgan fingerprint density at radius 1 is 1.38 bits per heavy atom. The number of nitrogens with zero attached hydrogens (tertiary/aromatic N) is 2. The number of rotatable bonds is 4. The largest absolute Gasteiger partial charge is 0.445 e. The molecule has 24 heavy (non-hydrogen) atoms. The van der Waals surface area contributed by atoms with Gasteiger partial charge in [-0.1, -0.05) is 12.1 Å². The fourth-order valence-electron chi connectivity index (χ4n) is 2.16. The van der Waals surface area contributed by atoms with E-state index in [1.807, 2.05) is 0 Å². The van der Waals surface area contributed by atoms with E-state index < -0.39 is 19.7 Å². The van der Waals surface area contributed by atoms with Gasteiger partial charge in [-0.2, -0.15) is 5.26 Å². The second-order valence-corrected chi connectivity index (χ2v) is 6.77. The second kappa shape index (κ2) is 6.17. The number of nitriles is 1. The first-order chi connectivity index (χ1) is 11.2. The number of hydrogen-bond donors (Lipinski definition) is 1. The van der Waals surface area contributed by atoms with Crippen LogP contribution >= 0.6 is 0 Å². The van der Waals surface area contributed by atoms with Gasteiger partial charge in [0.15, 0.2) is 0 Å². The van der Waals surface area contributed by atoms with Crippen molar-refractivity contribution in [1.29, 1.82) is 5.26 Å². The van der Waals surface area contributed by atoms with Crippen LogP contribution in [-0.4, -0.2) is 13.3 Å². The third-order valence-electron chi connectivity index (χ3n) is 3.44. The molecule has 0 bridgehead atoms. The zero-order valence-electron chi connectivity index (χ0n) is 12.8. The van der Waals surface area contributed by atoms with E-state index in [1.54, 1.807) is 13.0 Å². The van der Waals surface area contributed by atoms with Gasteiger partial charge in [-0.25, -0.2) is 8.42 Å². The molecule has 2 aromatic rings. The number of allylic oxidation sites excluding steroid dienone is 1. The molecule has 0 spiro atoms. The monoisotopic (exact) mass is 347 g/mol. The molecule has 0 aliphatic rings. The minimum atomic E-state index is -4.27. The molecule has 0 aliphatic heterocycles. The minimum Gasteiger partial charge on any atom is -0.445 e. The van der Waals surface area contributed by atoms with E-state index >= 15 is 0 Å². The highest BCUT2D eigenvalue weighted by atomic mass is 32.2. The third kappa shape index (κ3) is 2.87. The first-order valence-corrected chi connectivity index (χ1v) is 8.14. The minimum absolute atomic E-state index is 0.000865. The Hall–Kier alpha value is -3.12. The molecule has 1 aromatic heterocycles. The summed E-state index contributed by atoms with van der Waals surface area (Å²) in [7, 11) is -4.27. The molecule has 0 unspecified atom stereocenters. The van der Waals surface area contributed by atoms with Gasteiger partial charge in [0.25, 0.3) is 5.69 Å². The normalized spacial score (nSPS) is 12.0. The predicted octanol–water partition coefficient (Wildman–Crippen LogP) is 2.73. The number of aryl methyl sites for hydroxylation is 1. The molecule has 0 amide bonds. The second-order valence-electron chi connectivity index (χ2n) is 4.92. The molecule has 0 saturated heterocycles. The average molecular weight is 347 g/mol. The summed E-state index contributed by atoms with van der Waals surface area (Å²) in [5.41, 5.74) is 5.58. The summed E-state index contributed by atoms with van der Waals surface area (Å²) in [4.78, 5) is 9.41. The summed E-state index contributed by atoms with van der Waals surface area (Å²) in [6, 6.07) is 7.08. The summed E-state index contributed by atoms with van der Waals surface area (Å²) < 4.78 is 30.5. The lowest BCUT2D eigenvalue weighted by molar-refractivity contribution is -0.385. The summed E-state index contributed by atoms with van der Waals surface area (Å²) in [5, 5.41) is 20.3. The van der Waals surface area contributed by atoms with Crippen LogP contribution in [0.25, 0.3) is 6.08 Å². The number of furan rings is 1. The van der Waals surface area contributed by atoms with Crippen LogP contribution in [0.3, 0.4) is 0 Å². The predicted molar refractivity (Wildman–Crippen MR) is 86.5 cm³/mol. The zero-order valence-corrected chi connectivity index (χ0v) is 13.6. The van der Waals surface area contributed by atoms with Crippen LogP contribution in [0, 0.1) is 35.3 Å². The number of nitrogens with two attached hydrogens (primary N) is 1. The van der Waals surface area contributed by atoms with Crippen LogP contribution in [0.1, 0.15) is 16.9 Å². The molecule has 124 valence electrons. The lowest BCUT2D eigenvalue weighted by Gasteiger charge is -2.03. The first kappa shape index (κ1) is 17.2. The van der Waals surface area contributed by atoms with Gasteiger partial charge in [0, 0.05) is 11.6 Å². The summed E-state index contributed by atoms with van der Waals surface area (Å²) in [6.45, 7) is 3.05. The number of benzene rings is 1. The van der Waals surface area contributed by atoms with E-state index in [4.69, 9.17) is 10.2 Å². The molecule has 0 saturated carbocycles. The SMILES string of the molecule is Cc1oc(N)c(S(=O)(=O)/C(C#N)=C/c2ccccc2[N+](=O)[O-])c1C. The zero-order chi connectivity index (χ0) is 18.1. The molecule has 9 heteroatoms. The first-order valence-electron chi connectivity index (χ1n) is 6.66. The van der Waals surface area contributed by atoms with Gasteiger partial charge < -0.3 is 10.2 Å². The highest BCUT2D eigenvalue weighted by Crippen LogP contribution is 2.33. The van der Waals surface area contributed by atoms with E-state index in [9.17, 15) is 23.8 Å². The maximum absolute atomic E-state index is 12.7. The molecule has 8 nitrogen and oxygen atoms in total. The molecule has 2 N–H and O–H groups in total. The molecule has 0 aliphatic carbocycles. The quantitative estimate of drug-likeness (QED) is 0.509. The molecule has 0 fully saturated rings. The van der Waals surface area contributed by atoms with Crippen molar-refractivity contribution in [2.45, 2.75) is 18.7 Å². The van der Waals surface area contributed by atoms with Crippen molar-refractivity contribution in [3.8, 4) is 6.07 Å². The standard InChI is InChI=1S/C15H13N3O5S/c1-9-10(2)23-15(17)14(9)24(21,22)12(8-16)7-11-5-3-4-6-13(11)18(19)20/h3-7H,17H2,1-2H3/b12-7+. The summed E-state index contributed by atoms with van der Waals surface area (Å²) in [6.07, 6.45) is 0.953. The van der Waals surface area contributed by atoms with Crippen molar-refractivity contribution in [3.63, 3.8) is 0 Å². The molecule has 2 rings (SSSR count). The fraction of sp³-hybridized carbons (Fsp3) is 0.133. The van der Waals surface area contributed by atoms with Crippen LogP contribution in [0.2, 0.25) is 0 Å². The van der Waals surface area contributed by atoms with Crippen LogP contribution in [0.4, 0.5) is 11.6 Å². The van der Waals surface area contributed by atoms with Gasteiger partial charge in [0.2, 0.25) is 15.7 Å². The lowest BCUT2D eigenvalue weighted by Crippen LogP contribution is -2.07. The number of nitrogen functional groups attached to an aromatic ring is 1. The Labute approximate surface area is 137 Å². The Bertz CT molecular complexity index is 997. The maximum atomic E-state index is 12.7. The molecular formula is C15H13N3O5S. The van der Waals surface area contributed by atoms with Gasteiger partial charge in [-0.05, 0) is 26.0 Å². The molecule has 1 aromatic carbocycles. The van der Waals surface area contributed by atoms with Crippen molar-refractivity contribution >= 4 is 27.5 Å². The Kier molecular flexibility index (Phi) is 4.43. The summed E-state index contributed by atoms with van der Waals surface area (Å²) >= 11 is 0. The summed E-state index contributed by atoms with van der Waals surface area (Å²) in [5.74, 6) is -0.0113. The van der Waals surface area contributed by atoms with Crippen molar-refractivity contribution in [1.82, 2.24) is 0 Å². The highest BCUT2D eigenvalue weighted by molar-refractivity contribution is 7.96. The van der Waals surface area contributed by atoms with E-state index in [0.717, 1.165) is 6.08 Å². The van der Waals surface area contributed by atoms with Gasteiger partial charge in [0.1, 0.15) is 21.6 Å². The van der Waals surface area contributed by atoms with Crippen LogP contribution in [0.15, 0.2) is 38.5 Å². The highest BCUT2D eigenvalue weighted by Gasteiger charge is 2.30. The van der Waals surface area contributed by atoms with E-state index in [0.29, 0.717) is 5.76 Å². The van der Waals surface area contributed by atoms with Crippen molar-refractivity contribution < 1.29 is 17.8 Å². The van der Waals surface area contributed by atoms with Gasteiger partial charge in [-0.15, -0.1) is 0 Å². The Morgan fingerprint density at radius 2 is 2.00 bits per heavy atom. The number of sulfone groups is 1. The Morgan fingerprint density at radius 3 is 2.50 bits per heavy atom. The third-order valence-corrected chi connectivity index (χ3v) is 5.28. The number of nitro benzene ring substituents is 1. The van der Waals surface area contributed by atoms with E-state index in [2.05, 4.69) is 0 Å². The van der Waals surface area contributed by atoms with Crippen molar-refractivity contribution in [2.24, 2.45) is 0 Å². The van der Waals surface area contributed by atoms with Crippen LogP contribution < -0.4 is 5.73 Å². The molecule has 0 atom stereocenters. The fourth-order valence-corrected chi connectivity index (χ4v) is 3.64. The van der Waals surface area contributed by atoms with Gasteiger partial charge in [0.05, 0.1) is 10.5 Å². The van der Waals surface area contributed by atoms with Crippen LogP contribution in [-0.2, 0) is 9.84 Å². The number of nitro groups is 1. The van der Waals surface area contributed by atoms with Crippen molar-refractivity contribution in [2.75, 3.05) is 5.73 Å². The van der Waals surface area contributed by atoms with E-state index in [-0.39, 0.29) is 27.6 Å². The van der Waals surface area contributed by atoms with Gasteiger partial charge >= 0.3 is 0 Å². The number of anilines is 1. The van der Waals surface area contributed by atoms with E-state index in [1.165, 1.54) is 31.2 Å². The molecule has 1 heterocycles. The number of para-hydroxylation sites is 1. The molecular weight excluding hydrogens is 334 g/mol. The van der Waals surface area contributed by atoms with Gasteiger partial charge in [-0.3, -0.25) is 10.1 Å². The average Bonchev–Trinajstić information content (AvgIpc) is 2.78. The lowest BCUT2D eigenvalue weighted by atomic mass is 10.1. The Balaban J connectivity index is 2.69.